The van der Waals surface area contributed by atoms with Crippen LogP contribution in [0.25, 0.3) is 0 Å². The number of benzene rings is 1. The monoisotopic (exact) mass is 273 g/mol. The van der Waals surface area contributed by atoms with Gasteiger partial charge < -0.3 is 10.2 Å². The summed E-state index contributed by atoms with van der Waals surface area (Å²) in [6.07, 6.45) is 3.81. The average molecular weight is 273 g/mol. The predicted molar refractivity (Wildman–Crippen MR) is 84.0 cm³/mol. The number of hydrogen-bond acceptors (Lipinski definition) is 3. The van der Waals surface area contributed by atoms with Gasteiger partial charge in [-0.25, -0.2) is 0 Å². The van der Waals surface area contributed by atoms with Crippen LogP contribution < -0.4 is 5.32 Å². The molecule has 3 rings (SSSR count). The molecule has 1 aromatic rings. The fourth-order valence-corrected chi connectivity index (χ4v) is 4.00. The summed E-state index contributed by atoms with van der Waals surface area (Å²) in [6.45, 7) is 2.47. The number of piperidine rings is 1. The molecule has 0 aromatic heterocycles. The lowest BCUT2D eigenvalue weighted by Crippen LogP contribution is -2.49. The highest BCUT2D eigenvalue weighted by Gasteiger charge is 2.36. The van der Waals surface area contributed by atoms with Gasteiger partial charge >= 0.3 is 0 Å². The van der Waals surface area contributed by atoms with Gasteiger partial charge in [-0.15, -0.1) is 0 Å². The maximum Gasteiger partial charge on any atom is 0.0481 e. The summed E-state index contributed by atoms with van der Waals surface area (Å²) in [5, 5.41) is 3.55. The Bertz CT molecular complexity index is 449. The fraction of sp³-hybridized carbons (Fsp3) is 0.647. The predicted octanol–water partition coefficient (Wildman–Crippen LogP) is 1.90. The Balaban J connectivity index is 1.70. The molecule has 1 aliphatic carbocycles. The molecule has 1 fully saturated rings. The van der Waals surface area contributed by atoms with Crippen LogP contribution in [0.4, 0.5) is 0 Å². The molecule has 0 amide bonds. The molecular formula is C17H27N3. The second kappa shape index (κ2) is 5.84. The van der Waals surface area contributed by atoms with Gasteiger partial charge in [-0.1, -0.05) is 24.3 Å². The lowest BCUT2D eigenvalue weighted by molar-refractivity contribution is 0.0959. The summed E-state index contributed by atoms with van der Waals surface area (Å²) in [5.41, 5.74) is 3.04. The van der Waals surface area contributed by atoms with Gasteiger partial charge in [0.15, 0.2) is 0 Å². The molecule has 3 heteroatoms. The Hall–Kier alpha value is -0.900. The topological polar surface area (TPSA) is 18.5 Å². The molecule has 0 spiro atoms. The Morgan fingerprint density at radius 2 is 1.85 bits per heavy atom. The number of nitrogens with zero attached hydrogens (tertiary/aromatic N) is 2. The van der Waals surface area contributed by atoms with Crippen molar-refractivity contribution in [3.05, 3.63) is 35.4 Å². The molecule has 2 aliphatic rings. The van der Waals surface area contributed by atoms with Crippen molar-refractivity contribution in [1.82, 2.24) is 15.1 Å². The van der Waals surface area contributed by atoms with Crippen LogP contribution in [-0.4, -0.2) is 56.1 Å². The van der Waals surface area contributed by atoms with E-state index in [1.165, 1.54) is 43.5 Å². The first-order valence-corrected chi connectivity index (χ1v) is 7.86. The third kappa shape index (κ3) is 2.50. The van der Waals surface area contributed by atoms with Crippen molar-refractivity contribution in [2.45, 2.75) is 37.4 Å². The van der Waals surface area contributed by atoms with Crippen LogP contribution in [0.15, 0.2) is 24.3 Å². The van der Waals surface area contributed by atoms with E-state index < -0.39 is 0 Å². The van der Waals surface area contributed by atoms with Gasteiger partial charge in [0.05, 0.1) is 0 Å². The highest BCUT2D eigenvalue weighted by atomic mass is 15.2. The molecule has 0 saturated carbocycles. The SMILES string of the molecule is CNC1c2ccccc2CC1N1CCC(N(C)C)CC1. The Kier molecular flexibility index (Phi) is 4.11. The smallest absolute Gasteiger partial charge is 0.0481 e. The van der Waals surface area contributed by atoms with E-state index in [2.05, 4.69) is 60.5 Å². The van der Waals surface area contributed by atoms with Gasteiger partial charge in [0.1, 0.15) is 0 Å². The minimum absolute atomic E-state index is 0.502. The summed E-state index contributed by atoms with van der Waals surface area (Å²) in [7, 11) is 6.52. The molecule has 1 aromatic carbocycles. The van der Waals surface area contributed by atoms with Crippen molar-refractivity contribution in [3.63, 3.8) is 0 Å². The van der Waals surface area contributed by atoms with Crippen molar-refractivity contribution < 1.29 is 0 Å². The first-order valence-electron chi connectivity index (χ1n) is 7.86. The van der Waals surface area contributed by atoms with E-state index in [-0.39, 0.29) is 0 Å². The van der Waals surface area contributed by atoms with Crippen molar-refractivity contribution in [2.24, 2.45) is 0 Å². The van der Waals surface area contributed by atoms with Crippen LogP contribution in [0.2, 0.25) is 0 Å². The first-order chi connectivity index (χ1) is 9.70. The van der Waals surface area contributed by atoms with E-state index in [0.29, 0.717) is 12.1 Å². The van der Waals surface area contributed by atoms with Gasteiger partial charge in [-0.2, -0.15) is 0 Å². The molecule has 20 heavy (non-hydrogen) atoms. The van der Waals surface area contributed by atoms with Crippen molar-refractivity contribution in [1.29, 1.82) is 0 Å². The van der Waals surface area contributed by atoms with Crippen LogP contribution in [0.3, 0.4) is 0 Å². The lowest BCUT2D eigenvalue weighted by atomic mass is 9.99. The number of hydrogen-bond donors (Lipinski definition) is 1. The molecule has 1 N–H and O–H groups in total. The van der Waals surface area contributed by atoms with Gasteiger partial charge in [0, 0.05) is 31.2 Å². The highest BCUT2D eigenvalue weighted by Crippen LogP contribution is 2.35. The fourth-order valence-electron chi connectivity index (χ4n) is 4.00. The Labute approximate surface area is 123 Å². The Morgan fingerprint density at radius 3 is 2.50 bits per heavy atom. The number of likely N-dealkylation sites (tertiary alicyclic amines) is 1. The minimum atomic E-state index is 0.502. The number of fused-ring (bicyclic) bond motifs is 1. The summed E-state index contributed by atoms with van der Waals surface area (Å²) < 4.78 is 0. The van der Waals surface area contributed by atoms with Crippen LogP contribution in [0, 0.1) is 0 Å². The third-order valence-corrected chi connectivity index (χ3v) is 5.21. The lowest BCUT2D eigenvalue weighted by Gasteiger charge is -2.40. The van der Waals surface area contributed by atoms with Crippen LogP contribution in [-0.2, 0) is 6.42 Å². The van der Waals surface area contributed by atoms with E-state index in [1.54, 1.807) is 0 Å². The zero-order valence-electron chi connectivity index (χ0n) is 13.0. The maximum absolute atomic E-state index is 3.55. The molecule has 3 nitrogen and oxygen atoms in total. The zero-order valence-corrected chi connectivity index (χ0v) is 13.0. The van der Waals surface area contributed by atoms with Crippen molar-refractivity contribution in [2.75, 3.05) is 34.2 Å². The molecule has 0 bridgehead atoms. The standard InChI is InChI=1S/C17H27N3/c1-18-17-15-7-5-4-6-13(15)12-16(17)20-10-8-14(9-11-20)19(2)3/h4-7,14,16-18H,8-12H2,1-3H3. The molecule has 2 atom stereocenters. The number of rotatable bonds is 3. The summed E-state index contributed by atoms with van der Waals surface area (Å²) in [5.74, 6) is 0. The normalized spacial score (nSPS) is 28.0. The summed E-state index contributed by atoms with van der Waals surface area (Å²) in [6, 6.07) is 10.8. The van der Waals surface area contributed by atoms with Gasteiger partial charge in [-0.3, -0.25) is 4.90 Å². The van der Waals surface area contributed by atoms with E-state index in [0.717, 1.165) is 6.04 Å². The minimum Gasteiger partial charge on any atom is -0.312 e. The molecular weight excluding hydrogens is 246 g/mol. The van der Waals surface area contributed by atoms with Crippen molar-refractivity contribution >= 4 is 0 Å². The summed E-state index contributed by atoms with van der Waals surface area (Å²) in [4.78, 5) is 5.09. The van der Waals surface area contributed by atoms with Gasteiger partial charge in [-0.05, 0) is 51.5 Å². The zero-order chi connectivity index (χ0) is 14.1. The number of likely N-dealkylation sites (N-methyl/N-ethyl adjacent to an activating group) is 1. The second-order valence-corrected chi connectivity index (χ2v) is 6.47. The van der Waals surface area contributed by atoms with Crippen LogP contribution in [0.5, 0.6) is 0 Å². The van der Waals surface area contributed by atoms with Gasteiger partial charge in [0.25, 0.3) is 0 Å². The van der Waals surface area contributed by atoms with Gasteiger partial charge in [0.2, 0.25) is 0 Å². The molecule has 1 aliphatic heterocycles. The highest BCUT2D eigenvalue weighted by molar-refractivity contribution is 5.37. The number of nitrogens with one attached hydrogen (secondary N) is 1. The summed E-state index contributed by atoms with van der Waals surface area (Å²) >= 11 is 0. The molecule has 0 radical (unpaired) electrons. The van der Waals surface area contributed by atoms with E-state index in [9.17, 15) is 0 Å². The van der Waals surface area contributed by atoms with Crippen molar-refractivity contribution in [3.8, 4) is 0 Å². The molecule has 2 unspecified atom stereocenters. The molecule has 110 valence electrons. The first kappa shape index (κ1) is 14.1. The van der Waals surface area contributed by atoms with E-state index >= 15 is 0 Å². The van der Waals surface area contributed by atoms with Crippen LogP contribution >= 0.6 is 0 Å². The average Bonchev–Trinajstić information content (AvgIpc) is 2.85. The largest absolute Gasteiger partial charge is 0.312 e. The van der Waals surface area contributed by atoms with E-state index in [4.69, 9.17) is 0 Å². The van der Waals surface area contributed by atoms with E-state index in [1.807, 2.05) is 0 Å². The molecule has 1 saturated heterocycles. The van der Waals surface area contributed by atoms with Crippen LogP contribution in [0.1, 0.15) is 30.0 Å². The Morgan fingerprint density at radius 1 is 1.15 bits per heavy atom. The quantitative estimate of drug-likeness (QED) is 0.907. The third-order valence-electron chi connectivity index (χ3n) is 5.21. The maximum atomic E-state index is 3.55. The second-order valence-electron chi connectivity index (χ2n) is 6.47. The molecule has 1 heterocycles.